The van der Waals surface area contributed by atoms with Crippen molar-refractivity contribution in [1.29, 1.82) is 0 Å². The molecule has 134 valence electrons. The van der Waals surface area contributed by atoms with E-state index in [4.69, 9.17) is 9.97 Å². The molecule has 5 rings (SSSR count). The zero-order valence-electron chi connectivity index (χ0n) is 15.1. The average Bonchev–Trinajstić information content (AvgIpc) is 3.23. The molecule has 26 heavy (non-hydrogen) atoms. The monoisotopic (exact) mass is 350 g/mol. The summed E-state index contributed by atoms with van der Waals surface area (Å²) in [7, 11) is 1.83. The van der Waals surface area contributed by atoms with Gasteiger partial charge in [0.2, 0.25) is 5.95 Å². The maximum Gasteiger partial charge on any atom is 0.254 e. The third kappa shape index (κ3) is 2.18. The molecule has 6 heteroatoms. The van der Waals surface area contributed by atoms with Crippen molar-refractivity contribution in [3.63, 3.8) is 0 Å². The van der Waals surface area contributed by atoms with Gasteiger partial charge in [-0.05, 0) is 37.8 Å². The second-order valence-corrected chi connectivity index (χ2v) is 7.64. The van der Waals surface area contributed by atoms with Crippen LogP contribution in [0.15, 0.2) is 18.2 Å². The zero-order valence-corrected chi connectivity index (χ0v) is 15.1. The van der Waals surface area contributed by atoms with Gasteiger partial charge in [0.25, 0.3) is 5.91 Å². The van der Waals surface area contributed by atoms with Gasteiger partial charge in [0.05, 0.1) is 17.8 Å². The number of benzene rings is 1. The number of anilines is 1. The quantitative estimate of drug-likeness (QED) is 0.894. The Hall–Kier alpha value is -2.47. The average molecular weight is 350 g/mol. The standard InChI is InChI=1S/C20H22N4O2/c1-11-17(25)10-24(11)20-21-16-5-3-4-14(16)18(22-20)12-6-7-13-9-23(2)19(26)15(13)8-12/h6-8,11,17,25H,3-5,9-10H2,1-2H3/t11-,17+/m0/s1. The van der Waals surface area contributed by atoms with Crippen LogP contribution >= 0.6 is 0 Å². The first-order valence-corrected chi connectivity index (χ1v) is 9.26. The molecule has 0 unspecified atom stereocenters. The maximum absolute atomic E-state index is 12.4. The molecule has 1 aromatic carbocycles. The lowest BCUT2D eigenvalue weighted by atomic mass is 9.99. The number of aliphatic hydroxyl groups excluding tert-OH is 1. The summed E-state index contributed by atoms with van der Waals surface area (Å²) in [5.41, 5.74) is 6.12. The van der Waals surface area contributed by atoms with Crippen molar-refractivity contribution < 1.29 is 9.90 Å². The molecule has 3 aliphatic rings. The van der Waals surface area contributed by atoms with E-state index in [1.165, 1.54) is 5.56 Å². The fraction of sp³-hybridized carbons (Fsp3) is 0.450. The molecule has 6 nitrogen and oxygen atoms in total. The second kappa shape index (κ2) is 5.51. The van der Waals surface area contributed by atoms with Gasteiger partial charge in [-0.1, -0.05) is 12.1 Å². The number of rotatable bonds is 2. The SMILES string of the molecule is C[C@H]1[C@H](O)CN1c1nc2c(c(-c3ccc4c(c3)C(=O)N(C)C4)n1)CCC2. The van der Waals surface area contributed by atoms with Gasteiger partial charge in [0.15, 0.2) is 0 Å². The number of carbonyl (C=O) groups excluding carboxylic acids is 1. The van der Waals surface area contributed by atoms with Crippen molar-refractivity contribution in [1.82, 2.24) is 14.9 Å². The van der Waals surface area contributed by atoms with Crippen LogP contribution in [0.2, 0.25) is 0 Å². The van der Waals surface area contributed by atoms with Gasteiger partial charge in [-0.2, -0.15) is 0 Å². The highest BCUT2D eigenvalue weighted by Crippen LogP contribution is 2.35. The van der Waals surface area contributed by atoms with Crippen LogP contribution in [0.25, 0.3) is 11.3 Å². The number of carbonyl (C=O) groups is 1. The predicted octanol–water partition coefficient (Wildman–Crippen LogP) is 1.79. The van der Waals surface area contributed by atoms with Crippen LogP contribution in [0.3, 0.4) is 0 Å². The lowest BCUT2D eigenvalue weighted by Gasteiger charge is -2.43. The largest absolute Gasteiger partial charge is 0.389 e. The molecule has 3 heterocycles. The van der Waals surface area contributed by atoms with E-state index in [9.17, 15) is 9.90 Å². The Balaban J connectivity index is 1.61. The first-order chi connectivity index (χ1) is 12.5. The summed E-state index contributed by atoms with van der Waals surface area (Å²) in [5, 5.41) is 9.85. The van der Waals surface area contributed by atoms with Crippen LogP contribution in [-0.4, -0.2) is 51.6 Å². The minimum Gasteiger partial charge on any atom is -0.389 e. The lowest BCUT2D eigenvalue weighted by Crippen LogP contribution is -2.59. The van der Waals surface area contributed by atoms with E-state index >= 15 is 0 Å². The molecule has 2 aromatic rings. The van der Waals surface area contributed by atoms with Gasteiger partial charge >= 0.3 is 0 Å². The van der Waals surface area contributed by atoms with E-state index in [-0.39, 0.29) is 18.1 Å². The molecule has 2 atom stereocenters. The minimum atomic E-state index is -0.316. The fourth-order valence-corrected chi connectivity index (χ4v) is 4.23. The highest BCUT2D eigenvalue weighted by molar-refractivity contribution is 5.99. The summed E-state index contributed by atoms with van der Waals surface area (Å²) >= 11 is 0. The van der Waals surface area contributed by atoms with Crippen LogP contribution in [0.4, 0.5) is 5.95 Å². The van der Waals surface area contributed by atoms with Gasteiger partial charge in [-0.3, -0.25) is 4.79 Å². The highest BCUT2D eigenvalue weighted by Gasteiger charge is 2.37. The maximum atomic E-state index is 12.4. The summed E-state index contributed by atoms with van der Waals surface area (Å²) < 4.78 is 0. The first-order valence-electron chi connectivity index (χ1n) is 9.26. The number of β-amino-alcohol motifs (C(OH)–C–C–N with tert-alkyl or cyclic N) is 1. The smallest absolute Gasteiger partial charge is 0.254 e. The third-order valence-corrected chi connectivity index (χ3v) is 5.98. The Morgan fingerprint density at radius 2 is 2.08 bits per heavy atom. The van der Waals surface area contributed by atoms with E-state index in [1.807, 2.05) is 26.1 Å². The first kappa shape index (κ1) is 15.8. The Labute approximate surface area is 152 Å². The van der Waals surface area contributed by atoms with Crippen molar-refractivity contribution in [3.05, 3.63) is 40.6 Å². The van der Waals surface area contributed by atoms with E-state index in [2.05, 4.69) is 11.0 Å². The normalized spacial score (nSPS) is 23.9. The van der Waals surface area contributed by atoms with Gasteiger partial charge in [-0.25, -0.2) is 9.97 Å². The Bertz CT molecular complexity index is 926. The van der Waals surface area contributed by atoms with Crippen LogP contribution in [0, 0.1) is 0 Å². The Morgan fingerprint density at radius 3 is 2.85 bits per heavy atom. The number of aryl methyl sites for hydroxylation is 1. The second-order valence-electron chi connectivity index (χ2n) is 7.64. The van der Waals surface area contributed by atoms with E-state index < -0.39 is 0 Å². The number of hydrogen-bond donors (Lipinski definition) is 1. The molecular formula is C20H22N4O2. The van der Waals surface area contributed by atoms with Crippen molar-refractivity contribution in [2.75, 3.05) is 18.5 Å². The van der Waals surface area contributed by atoms with Crippen LogP contribution in [0.5, 0.6) is 0 Å². The number of nitrogens with zero attached hydrogens (tertiary/aromatic N) is 4. The molecule has 1 saturated heterocycles. The summed E-state index contributed by atoms with van der Waals surface area (Å²) in [6.07, 6.45) is 2.72. The van der Waals surface area contributed by atoms with E-state index in [0.717, 1.165) is 47.3 Å². The highest BCUT2D eigenvalue weighted by atomic mass is 16.3. The zero-order chi connectivity index (χ0) is 18.0. The molecule has 1 aliphatic carbocycles. The van der Waals surface area contributed by atoms with Crippen LogP contribution in [0.1, 0.15) is 40.5 Å². The fourth-order valence-electron chi connectivity index (χ4n) is 4.23. The van der Waals surface area contributed by atoms with Crippen LogP contribution in [-0.2, 0) is 19.4 Å². The van der Waals surface area contributed by atoms with E-state index in [0.29, 0.717) is 19.0 Å². The predicted molar refractivity (Wildman–Crippen MR) is 98.1 cm³/mol. The van der Waals surface area contributed by atoms with Gasteiger partial charge < -0.3 is 14.9 Å². The van der Waals surface area contributed by atoms with Crippen molar-refractivity contribution in [3.8, 4) is 11.3 Å². The lowest BCUT2D eigenvalue weighted by molar-refractivity contribution is 0.0816. The Kier molecular flexibility index (Phi) is 3.34. The number of aliphatic hydroxyl groups is 1. The van der Waals surface area contributed by atoms with Gasteiger partial charge in [0, 0.05) is 42.5 Å². The van der Waals surface area contributed by atoms with Gasteiger partial charge in [-0.15, -0.1) is 0 Å². The summed E-state index contributed by atoms with van der Waals surface area (Å²) in [4.78, 5) is 25.8. The number of amides is 1. The molecule has 0 saturated carbocycles. The number of aromatic nitrogens is 2. The van der Waals surface area contributed by atoms with Crippen molar-refractivity contribution in [2.45, 2.75) is 44.9 Å². The minimum absolute atomic E-state index is 0.0394. The summed E-state index contributed by atoms with van der Waals surface area (Å²) in [6.45, 7) is 3.24. The van der Waals surface area contributed by atoms with Crippen molar-refractivity contribution in [2.24, 2.45) is 0 Å². The molecule has 1 amide bonds. The molecule has 2 aliphatic heterocycles. The summed E-state index contributed by atoms with van der Waals surface area (Å²) in [6, 6.07) is 6.15. The third-order valence-electron chi connectivity index (χ3n) is 5.98. The number of fused-ring (bicyclic) bond motifs is 2. The molecule has 0 bridgehead atoms. The van der Waals surface area contributed by atoms with Gasteiger partial charge in [0.1, 0.15) is 0 Å². The molecule has 1 N–H and O–H groups in total. The molecular weight excluding hydrogens is 328 g/mol. The van der Waals surface area contributed by atoms with Crippen LogP contribution < -0.4 is 4.90 Å². The molecule has 1 fully saturated rings. The van der Waals surface area contributed by atoms with Crippen molar-refractivity contribution >= 4 is 11.9 Å². The number of hydrogen-bond acceptors (Lipinski definition) is 5. The Morgan fingerprint density at radius 1 is 1.23 bits per heavy atom. The molecule has 0 radical (unpaired) electrons. The topological polar surface area (TPSA) is 69.6 Å². The van der Waals surface area contributed by atoms with E-state index in [1.54, 1.807) is 4.90 Å². The molecule has 1 aromatic heterocycles. The summed E-state index contributed by atoms with van der Waals surface area (Å²) in [5.74, 6) is 0.773. The molecule has 0 spiro atoms.